The number of aryl methyl sites for hydroxylation is 1. The topological polar surface area (TPSA) is 39.2 Å². The molecule has 4 heteroatoms. The third-order valence-corrected chi connectivity index (χ3v) is 3.23. The molecule has 1 rings (SSSR count). The molecule has 0 radical (unpaired) electrons. The minimum Gasteiger partial charge on any atom is -0.461 e. The maximum atomic E-state index is 11.5. The van der Waals surface area contributed by atoms with Crippen molar-refractivity contribution in [3.63, 3.8) is 0 Å². The monoisotopic (exact) mass is 237 g/mol. The van der Waals surface area contributed by atoms with E-state index in [-0.39, 0.29) is 5.97 Å². The lowest BCUT2D eigenvalue weighted by molar-refractivity contribution is 0.0526. The van der Waals surface area contributed by atoms with Crippen LogP contribution in [0.2, 0.25) is 0 Å². The minimum absolute atomic E-state index is 0.360. The Balaban J connectivity index is 3.07. The molecule has 0 aliphatic rings. The number of ether oxygens (including phenoxy) is 1. The van der Waals surface area contributed by atoms with Crippen LogP contribution in [-0.4, -0.2) is 17.6 Å². The van der Waals surface area contributed by atoms with Gasteiger partial charge in [0.2, 0.25) is 5.01 Å². The van der Waals surface area contributed by atoms with Crippen LogP contribution in [0.1, 0.15) is 34.2 Å². The molecule has 0 spiro atoms. The van der Waals surface area contributed by atoms with Crippen LogP contribution in [0.5, 0.6) is 0 Å². The van der Waals surface area contributed by atoms with Gasteiger partial charge in [-0.25, -0.2) is 9.78 Å². The average molecular weight is 237 g/mol. The van der Waals surface area contributed by atoms with E-state index in [1.54, 1.807) is 13.0 Å². The summed E-state index contributed by atoms with van der Waals surface area (Å²) in [5.41, 5.74) is 1.83. The van der Waals surface area contributed by atoms with Crippen LogP contribution in [0.3, 0.4) is 0 Å². The van der Waals surface area contributed by atoms with Gasteiger partial charge in [-0.1, -0.05) is 18.7 Å². The molecule has 0 fully saturated rings. The number of thiazole rings is 1. The van der Waals surface area contributed by atoms with Gasteiger partial charge in [0, 0.05) is 0 Å². The van der Waals surface area contributed by atoms with Gasteiger partial charge in [-0.05, 0) is 26.3 Å². The number of hydrogen-bond acceptors (Lipinski definition) is 4. The molecule has 0 amide bonds. The molecule has 0 unspecified atom stereocenters. The van der Waals surface area contributed by atoms with Crippen molar-refractivity contribution in [2.45, 2.75) is 20.8 Å². The van der Waals surface area contributed by atoms with Crippen molar-refractivity contribution in [1.29, 1.82) is 0 Å². The standard InChI is InChI=1S/C12H15NO2S/c1-5-9(6-2)10-8(4)13-11(16-10)12(14)15-7-3/h5-6H,1,7H2,2-4H3/b9-6+. The van der Waals surface area contributed by atoms with E-state index < -0.39 is 0 Å². The Morgan fingerprint density at radius 1 is 1.62 bits per heavy atom. The molecule has 0 saturated heterocycles. The van der Waals surface area contributed by atoms with Crippen LogP contribution in [0.25, 0.3) is 5.57 Å². The molecule has 16 heavy (non-hydrogen) atoms. The van der Waals surface area contributed by atoms with Crippen molar-refractivity contribution in [2.24, 2.45) is 0 Å². The first-order valence-electron chi connectivity index (χ1n) is 5.07. The van der Waals surface area contributed by atoms with Crippen LogP contribution in [0.15, 0.2) is 18.7 Å². The van der Waals surface area contributed by atoms with Gasteiger partial charge in [-0.15, -0.1) is 11.3 Å². The van der Waals surface area contributed by atoms with Crippen LogP contribution in [-0.2, 0) is 4.74 Å². The van der Waals surface area contributed by atoms with Crippen molar-refractivity contribution >= 4 is 22.9 Å². The lowest BCUT2D eigenvalue weighted by Crippen LogP contribution is -2.03. The highest BCUT2D eigenvalue weighted by molar-refractivity contribution is 7.14. The van der Waals surface area contributed by atoms with E-state index in [0.29, 0.717) is 11.6 Å². The van der Waals surface area contributed by atoms with Crippen LogP contribution >= 0.6 is 11.3 Å². The third kappa shape index (κ3) is 2.58. The fraction of sp³-hybridized carbons (Fsp3) is 0.333. The van der Waals surface area contributed by atoms with E-state index in [4.69, 9.17) is 4.74 Å². The molecular weight excluding hydrogens is 222 g/mol. The molecule has 3 nitrogen and oxygen atoms in total. The summed E-state index contributed by atoms with van der Waals surface area (Å²) in [5.74, 6) is -0.360. The average Bonchev–Trinajstić information content (AvgIpc) is 2.63. The summed E-state index contributed by atoms with van der Waals surface area (Å²) >= 11 is 1.34. The van der Waals surface area contributed by atoms with Gasteiger partial charge in [0.1, 0.15) is 0 Å². The highest BCUT2D eigenvalue weighted by atomic mass is 32.1. The molecule has 0 N–H and O–H groups in total. The van der Waals surface area contributed by atoms with Crippen LogP contribution in [0, 0.1) is 6.92 Å². The van der Waals surface area contributed by atoms with Gasteiger partial charge in [-0.2, -0.15) is 0 Å². The molecule has 0 atom stereocenters. The number of carbonyl (C=O) groups excluding carboxylic acids is 1. The zero-order valence-electron chi connectivity index (χ0n) is 9.74. The predicted molar refractivity (Wildman–Crippen MR) is 66.7 cm³/mol. The van der Waals surface area contributed by atoms with Crippen molar-refractivity contribution < 1.29 is 9.53 Å². The molecule has 0 aromatic carbocycles. The Hall–Kier alpha value is -1.42. The summed E-state index contributed by atoms with van der Waals surface area (Å²) < 4.78 is 4.91. The number of rotatable bonds is 4. The molecular formula is C12H15NO2S. The normalized spacial score (nSPS) is 11.3. The quantitative estimate of drug-likeness (QED) is 0.596. The van der Waals surface area contributed by atoms with Crippen LogP contribution in [0.4, 0.5) is 0 Å². The zero-order valence-corrected chi connectivity index (χ0v) is 10.6. The van der Waals surface area contributed by atoms with E-state index in [9.17, 15) is 4.79 Å². The van der Waals surface area contributed by atoms with Gasteiger partial charge in [0.05, 0.1) is 17.2 Å². The predicted octanol–water partition coefficient (Wildman–Crippen LogP) is 3.22. The lowest BCUT2D eigenvalue weighted by atomic mass is 10.2. The Bertz CT molecular complexity index is 432. The second kappa shape index (κ2) is 5.61. The number of allylic oxidation sites excluding steroid dienone is 3. The van der Waals surface area contributed by atoms with Gasteiger partial charge in [-0.3, -0.25) is 0 Å². The van der Waals surface area contributed by atoms with Gasteiger partial charge < -0.3 is 4.74 Å². The lowest BCUT2D eigenvalue weighted by Gasteiger charge is -1.96. The number of carbonyl (C=O) groups is 1. The molecule has 0 bridgehead atoms. The summed E-state index contributed by atoms with van der Waals surface area (Å²) in [5, 5.41) is 0.399. The van der Waals surface area contributed by atoms with Crippen molar-refractivity contribution in [2.75, 3.05) is 6.61 Å². The van der Waals surface area contributed by atoms with E-state index in [0.717, 1.165) is 16.1 Å². The zero-order chi connectivity index (χ0) is 12.1. The second-order valence-electron chi connectivity index (χ2n) is 3.10. The fourth-order valence-corrected chi connectivity index (χ4v) is 2.32. The highest BCUT2D eigenvalue weighted by Crippen LogP contribution is 2.27. The molecule has 1 aromatic rings. The summed E-state index contributed by atoms with van der Waals surface area (Å²) in [6.45, 7) is 9.69. The molecule has 1 heterocycles. The SMILES string of the molecule is C=C/C(=C\C)c1sc(C(=O)OCC)nc1C. The van der Waals surface area contributed by atoms with Gasteiger partial charge in [0.15, 0.2) is 0 Å². The van der Waals surface area contributed by atoms with E-state index in [2.05, 4.69) is 11.6 Å². The van der Waals surface area contributed by atoms with E-state index in [1.165, 1.54) is 11.3 Å². The molecule has 0 saturated carbocycles. The summed E-state index contributed by atoms with van der Waals surface area (Å²) in [4.78, 5) is 16.7. The fourth-order valence-electron chi connectivity index (χ4n) is 1.29. The summed E-state index contributed by atoms with van der Waals surface area (Å²) in [6.07, 6.45) is 3.71. The smallest absolute Gasteiger partial charge is 0.367 e. The van der Waals surface area contributed by atoms with Crippen LogP contribution < -0.4 is 0 Å². The number of hydrogen-bond donors (Lipinski definition) is 0. The maximum absolute atomic E-state index is 11.5. The molecule has 0 aliphatic heterocycles. The number of nitrogens with zero attached hydrogens (tertiary/aromatic N) is 1. The summed E-state index contributed by atoms with van der Waals surface area (Å²) in [7, 11) is 0. The Labute approximate surface area is 99.5 Å². The maximum Gasteiger partial charge on any atom is 0.367 e. The van der Waals surface area contributed by atoms with Gasteiger partial charge >= 0.3 is 5.97 Å². The molecule has 0 aliphatic carbocycles. The molecule has 1 aromatic heterocycles. The third-order valence-electron chi connectivity index (χ3n) is 2.04. The summed E-state index contributed by atoms with van der Waals surface area (Å²) in [6, 6.07) is 0. The second-order valence-corrected chi connectivity index (χ2v) is 4.10. The largest absolute Gasteiger partial charge is 0.461 e. The molecule has 86 valence electrons. The van der Waals surface area contributed by atoms with Crippen molar-refractivity contribution in [1.82, 2.24) is 4.98 Å². The first-order chi connectivity index (χ1) is 7.63. The van der Waals surface area contributed by atoms with Gasteiger partial charge in [0.25, 0.3) is 0 Å². The number of aromatic nitrogens is 1. The Morgan fingerprint density at radius 2 is 2.31 bits per heavy atom. The van der Waals surface area contributed by atoms with E-state index in [1.807, 2.05) is 19.9 Å². The number of esters is 1. The minimum atomic E-state index is -0.360. The van der Waals surface area contributed by atoms with Crippen molar-refractivity contribution in [3.8, 4) is 0 Å². The Kier molecular flexibility index (Phi) is 4.43. The first-order valence-corrected chi connectivity index (χ1v) is 5.89. The van der Waals surface area contributed by atoms with E-state index >= 15 is 0 Å². The highest BCUT2D eigenvalue weighted by Gasteiger charge is 2.16. The van der Waals surface area contributed by atoms with Crippen molar-refractivity contribution in [3.05, 3.63) is 34.3 Å². The Morgan fingerprint density at radius 3 is 2.81 bits per heavy atom. The first kappa shape index (κ1) is 12.6.